The molecule has 2 aliphatic carbocycles. The topological polar surface area (TPSA) is 12.0 Å². The van der Waals surface area contributed by atoms with Crippen LogP contribution in [0.5, 0.6) is 0 Å². The van der Waals surface area contributed by atoms with Crippen LogP contribution in [0.1, 0.15) is 39.0 Å². The molecule has 1 heterocycles. The van der Waals surface area contributed by atoms with Gasteiger partial charge in [0.25, 0.3) is 0 Å². The Bertz CT molecular complexity index is 284. The minimum atomic E-state index is 0.752. The summed E-state index contributed by atoms with van der Waals surface area (Å²) in [5.41, 5.74) is 0. The van der Waals surface area contributed by atoms with Crippen molar-refractivity contribution in [1.82, 2.24) is 5.32 Å². The average molecular weight is 286 g/mol. The summed E-state index contributed by atoms with van der Waals surface area (Å²) in [6, 6.07) is 0.752. The Morgan fingerprint density at radius 2 is 2.00 bits per heavy atom. The van der Waals surface area contributed by atoms with Crippen LogP contribution in [0.2, 0.25) is 0 Å². The van der Waals surface area contributed by atoms with Crippen LogP contribution in [0.3, 0.4) is 0 Å². The molecule has 1 aliphatic heterocycles. The summed E-state index contributed by atoms with van der Waals surface area (Å²) in [5.74, 6) is 5.94. The van der Waals surface area contributed by atoms with Gasteiger partial charge in [0.15, 0.2) is 0 Å². The fourth-order valence-corrected chi connectivity index (χ4v) is 7.51. The quantitative estimate of drug-likeness (QED) is 0.847. The lowest BCUT2D eigenvalue weighted by Crippen LogP contribution is -2.44. The summed E-state index contributed by atoms with van der Waals surface area (Å²) < 4.78 is 0. The van der Waals surface area contributed by atoms with Crippen LogP contribution in [0.15, 0.2) is 0 Å². The van der Waals surface area contributed by atoms with Crippen LogP contribution in [-0.2, 0) is 0 Å². The molecule has 18 heavy (non-hydrogen) atoms. The maximum absolute atomic E-state index is 3.65. The van der Waals surface area contributed by atoms with Gasteiger partial charge in [0.05, 0.1) is 0 Å². The first-order valence-electron chi connectivity index (χ1n) is 7.68. The van der Waals surface area contributed by atoms with Crippen LogP contribution >= 0.6 is 23.5 Å². The molecule has 3 aliphatic rings. The number of hydrogen-bond donors (Lipinski definition) is 1. The number of thioether (sulfide) groups is 2. The zero-order chi connectivity index (χ0) is 12.5. The van der Waals surface area contributed by atoms with Crippen LogP contribution < -0.4 is 5.32 Å². The first kappa shape index (κ1) is 13.6. The molecule has 3 fully saturated rings. The standard InChI is InChI=1S/C15H27NS2/c1-10-15(18-6-5-17-10)14(16-2)9-13-8-11-3-4-12(13)7-11/h10-16H,3-9H2,1-2H3. The summed E-state index contributed by atoms with van der Waals surface area (Å²) in [4.78, 5) is 0. The van der Waals surface area contributed by atoms with Gasteiger partial charge in [0.1, 0.15) is 0 Å². The SMILES string of the molecule is CNC(CC1CC2CCC1C2)C1SCCSC1C. The molecule has 0 radical (unpaired) electrons. The van der Waals surface area contributed by atoms with Gasteiger partial charge in [-0.25, -0.2) is 0 Å². The number of fused-ring (bicyclic) bond motifs is 2. The van der Waals surface area contributed by atoms with E-state index in [9.17, 15) is 0 Å². The summed E-state index contributed by atoms with van der Waals surface area (Å²) in [6.45, 7) is 2.44. The van der Waals surface area contributed by atoms with Gasteiger partial charge in [0, 0.05) is 28.0 Å². The van der Waals surface area contributed by atoms with E-state index in [-0.39, 0.29) is 0 Å². The fourth-order valence-electron chi connectivity index (χ4n) is 4.50. The van der Waals surface area contributed by atoms with Crippen molar-refractivity contribution in [3.8, 4) is 0 Å². The monoisotopic (exact) mass is 285 g/mol. The van der Waals surface area contributed by atoms with Crippen molar-refractivity contribution in [3.05, 3.63) is 0 Å². The second-order valence-corrected chi connectivity index (χ2v) is 9.25. The van der Waals surface area contributed by atoms with E-state index >= 15 is 0 Å². The molecule has 6 atom stereocenters. The Balaban J connectivity index is 1.58. The Kier molecular flexibility index (Phi) is 4.52. The van der Waals surface area contributed by atoms with E-state index in [4.69, 9.17) is 0 Å². The summed E-state index contributed by atoms with van der Waals surface area (Å²) >= 11 is 4.41. The Labute approximate surface area is 121 Å². The number of nitrogens with one attached hydrogen (secondary N) is 1. The van der Waals surface area contributed by atoms with Crippen molar-refractivity contribution >= 4 is 23.5 Å². The predicted octanol–water partition coefficient (Wildman–Crippen LogP) is 3.64. The van der Waals surface area contributed by atoms with Crippen molar-refractivity contribution in [3.63, 3.8) is 0 Å². The highest BCUT2D eigenvalue weighted by Gasteiger charge is 2.41. The highest BCUT2D eigenvalue weighted by molar-refractivity contribution is 8.07. The third-order valence-corrected chi connectivity index (χ3v) is 8.70. The van der Waals surface area contributed by atoms with Crippen molar-refractivity contribution in [2.75, 3.05) is 18.6 Å². The molecule has 2 saturated carbocycles. The lowest BCUT2D eigenvalue weighted by atomic mass is 9.83. The molecule has 1 saturated heterocycles. The van der Waals surface area contributed by atoms with Gasteiger partial charge in [-0.2, -0.15) is 23.5 Å². The van der Waals surface area contributed by atoms with Gasteiger partial charge in [-0.05, 0) is 50.5 Å². The molecule has 0 aromatic heterocycles. The van der Waals surface area contributed by atoms with E-state index < -0.39 is 0 Å². The summed E-state index contributed by atoms with van der Waals surface area (Å²) in [6.07, 6.45) is 7.62. The zero-order valence-corrected chi connectivity index (χ0v) is 13.4. The van der Waals surface area contributed by atoms with Gasteiger partial charge in [-0.3, -0.25) is 0 Å². The zero-order valence-electron chi connectivity index (χ0n) is 11.7. The lowest BCUT2D eigenvalue weighted by molar-refractivity contribution is 0.279. The Morgan fingerprint density at radius 1 is 1.17 bits per heavy atom. The average Bonchev–Trinajstić information content (AvgIpc) is 2.99. The van der Waals surface area contributed by atoms with Crippen molar-refractivity contribution < 1.29 is 0 Å². The first-order chi connectivity index (χ1) is 8.78. The van der Waals surface area contributed by atoms with Crippen LogP contribution in [-0.4, -0.2) is 35.1 Å². The van der Waals surface area contributed by atoms with E-state index in [0.717, 1.165) is 34.3 Å². The van der Waals surface area contributed by atoms with Crippen molar-refractivity contribution in [2.24, 2.45) is 17.8 Å². The van der Waals surface area contributed by atoms with E-state index in [1.807, 2.05) is 0 Å². The molecule has 6 unspecified atom stereocenters. The molecule has 3 rings (SSSR count). The van der Waals surface area contributed by atoms with Gasteiger partial charge in [0.2, 0.25) is 0 Å². The smallest absolute Gasteiger partial charge is 0.0317 e. The van der Waals surface area contributed by atoms with E-state index in [1.54, 1.807) is 12.8 Å². The van der Waals surface area contributed by atoms with Crippen LogP contribution in [0, 0.1) is 17.8 Å². The molecular formula is C15H27NS2. The molecule has 0 spiro atoms. The molecule has 0 aromatic rings. The predicted molar refractivity (Wildman–Crippen MR) is 84.6 cm³/mol. The second kappa shape index (κ2) is 5.97. The second-order valence-electron chi connectivity index (χ2n) is 6.48. The maximum atomic E-state index is 3.65. The van der Waals surface area contributed by atoms with Gasteiger partial charge in [-0.1, -0.05) is 13.3 Å². The van der Waals surface area contributed by atoms with Crippen molar-refractivity contribution in [2.45, 2.75) is 55.6 Å². The van der Waals surface area contributed by atoms with E-state index in [0.29, 0.717) is 0 Å². The molecule has 0 amide bonds. The maximum Gasteiger partial charge on any atom is 0.0317 e. The normalized spacial score (nSPS) is 45.3. The lowest BCUT2D eigenvalue weighted by Gasteiger charge is -2.37. The van der Waals surface area contributed by atoms with Gasteiger partial charge in [-0.15, -0.1) is 0 Å². The van der Waals surface area contributed by atoms with E-state index in [2.05, 4.69) is 42.8 Å². The summed E-state index contributed by atoms with van der Waals surface area (Å²) in [5, 5.41) is 5.33. The first-order valence-corrected chi connectivity index (χ1v) is 9.78. The van der Waals surface area contributed by atoms with Gasteiger partial charge < -0.3 is 5.32 Å². The molecule has 2 bridgehead atoms. The molecular weight excluding hydrogens is 258 g/mol. The van der Waals surface area contributed by atoms with Gasteiger partial charge >= 0.3 is 0 Å². The minimum Gasteiger partial charge on any atom is -0.316 e. The largest absolute Gasteiger partial charge is 0.316 e. The molecule has 1 nitrogen and oxygen atoms in total. The Hall–Kier alpha value is 0.660. The summed E-state index contributed by atoms with van der Waals surface area (Å²) in [7, 11) is 2.18. The number of rotatable bonds is 4. The molecule has 3 heteroatoms. The fraction of sp³-hybridized carbons (Fsp3) is 1.00. The van der Waals surface area contributed by atoms with Crippen molar-refractivity contribution in [1.29, 1.82) is 0 Å². The van der Waals surface area contributed by atoms with Crippen LogP contribution in [0.4, 0.5) is 0 Å². The Morgan fingerprint density at radius 3 is 2.61 bits per heavy atom. The highest BCUT2D eigenvalue weighted by atomic mass is 32.2. The van der Waals surface area contributed by atoms with E-state index in [1.165, 1.54) is 30.8 Å². The molecule has 104 valence electrons. The highest BCUT2D eigenvalue weighted by Crippen LogP contribution is 2.50. The molecule has 1 N–H and O–H groups in total. The van der Waals surface area contributed by atoms with Crippen LogP contribution in [0.25, 0.3) is 0 Å². The third-order valence-electron chi connectivity index (χ3n) is 5.45. The number of hydrogen-bond acceptors (Lipinski definition) is 3. The minimum absolute atomic E-state index is 0.752. The molecule has 0 aromatic carbocycles. The third kappa shape index (κ3) is 2.73.